The quantitative estimate of drug-likeness (QED) is 0.337. The zero-order valence-corrected chi connectivity index (χ0v) is 17.5. The number of alkyl halides is 1. The summed E-state index contributed by atoms with van der Waals surface area (Å²) in [6.45, 7) is 12.1. The van der Waals surface area contributed by atoms with Crippen LogP contribution in [0.4, 0.5) is 0 Å². The fourth-order valence-electron chi connectivity index (χ4n) is 1.89. The molecule has 144 valence electrons. The average Bonchev–Trinajstić information content (AvgIpc) is 2.55. The standard InChI is InChI=1S/C13H27NO2.C5H9BrO2/c1-4-7-10-14(11-8-5-2)12-9-13(15)16-6-3;1-2-8-5(7)3-4-6/h4-12H2,1-3H3;2-4H2,1H3. The Labute approximate surface area is 156 Å². The van der Waals surface area contributed by atoms with E-state index in [-0.39, 0.29) is 11.9 Å². The molecular weight excluding hydrogens is 374 g/mol. The van der Waals surface area contributed by atoms with Crippen LogP contribution in [0.3, 0.4) is 0 Å². The van der Waals surface area contributed by atoms with Gasteiger partial charge in [-0.1, -0.05) is 42.6 Å². The van der Waals surface area contributed by atoms with Gasteiger partial charge in [-0.15, -0.1) is 0 Å². The molecule has 0 aromatic carbocycles. The molecular formula is C18H36BrNO4. The molecule has 0 heterocycles. The van der Waals surface area contributed by atoms with Crippen LogP contribution < -0.4 is 0 Å². The summed E-state index contributed by atoms with van der Waals surface area (Å²) in [4.78, 5) is 24.0. The number of carbonyl (C=O) groups is 2. The largest absolute Gasteiger partial charge is 0.466 e. The molecule has 0 N–H and O–H groups in total. The Balaban J connectivity index is 0. The second-order valence-electron chi connectivity index (χ2n) is 5.35. The van der Waals surface area contributed by atoms with Gasteiger partial charge in [0.05, 0.1) is 26.1 Å². The Morgan fingerprint density at radius 1 is 0.792 bits per heavy atom. The number of unbranched alkanes of at least 4 members (excludes halogenated alkanes) is 2. The predicted molar refractivity (Wildman–Crippen MR) is 103 cm³/mol. The lowest BCUT2D eigenvalue weighted by Gasteiger charge is -2.21. The molecule has 6 heteroatoms. The van der Waals surface area contributed by atoms with Gasteiger partial charge in [0.2, 0.25) is 0 Å². The first-order valence-corrected chi connectivity index (χ1v) is 10.3. The minimum atomic E-state index is -0.135. The van der Waals surface area contributed by atoms with Gasteiger partial charge in [-0.25, -0.2) is 0 Å². The van der Waals surface area contributed by atoms with E-state index < -0.39 is 0 Å². The number of esters is 2. The Kier molecular flexibility index (Phi) is 21.8. The summed E-state index contributed by atoms with van der Waals surface area (Å²) in [7, 11) is 0. The topological polar surface area (TPSA) is 55.8 Å². The first kappa shape index (κ1) is 25.6. The Morgan fingerprint density at radius 3 is 1.62 bits per heavy atom. The monoisotopic (exact) mass is 409 g/mol. The zero-order valence-electron chi connectivity index (χ0n) is 15.9. The molecule has 0 fully saturated rings. The van der Waals surface area contributed by atoms with Gasteiger partial charge in [-0.3, -0.25) is 9.59 Å². The van der Waals surface area contributed by atoms with Crippen LogP contribution in [-0.4, -0.2) is 55.0 Å². The van der Waals surface area contributed by atoms with E-state index >= 15 is 0 Å². The van der Waals surface area contributed by atoms with Crippen LogP contribution in [0.1, 0.15) is 66.2 Å². The Bertz CT molecular complexity index is 285. The van der Waals surface area contributed by atoms with Crippen molar-refractivity contribution in [3.8, 4) is 0 Å². The molecule has 0 aliphatic rings. The van der Waals surface area contributed by atoms with Gasteiger partial charge in [0.15, 0.2) is 0 Å². The third-order valence-corrected chi connectivity index (χ3v) is 3.59. The van der Waals surface area contributed by atoms with E-state index in [1.54, 1.807) is 6.92 Å². The summed E-state index contributed by atoms with van der Waals surface area (Å²) < 4.78 is 9.55. The zero-order chi connectivity index (χ0) is 18.6. The lowest BCUT2D eigenvalue weighted by molar-refractivity contribution is -0.144. The van der Waals surface area contributed by atoms with Crippen LogP contribution in [0.15, 0.2) is 0 Å². The van der Waals surface area contributed by atoms with E-state index in [1.807, 2.05) is 6.92 Å². The fourth-order valence-corrected chi connectivity index (χ4v) is 2.22. The van der Waals surface area contributed by atoms with Crippen molar-refractivity contribution in [2.75, 3.05) is 38.2 Å². The second kappa shape index (κ2) is 20.4. The maximum absolute atomic E-state index is 11.2. The molecule has 0 radical (unpaired) electrons. The molecule has 0 aromatic rings. The molecule has 0 amide bonds. The minimum absolute atomic E-state index is 0.0690. The molecule has 24 heavy (non-hydrogen) atoms. The molecule has 5 nitrogen and oxygen atoms in total. The highest BCUT2D eigenvalue weighted by molar-refractivity contribution is 9.09. The summed E-state index contributed by atoms with van der Waals surface area (Å²) in [6, 6.07) is 0. The van der Waals surface area contributed by atoms with Gasteiger partial charge < -0.3 is 14.4 Å². The fraction of sp³-hybridized carbons (Fsp3) is 0.889. The highest BCUT2D eigenvalue weighted by Gasteiger charge is 2.07. The predicted octanol–water partition coefficient (Wildman–Crippen LogP) is 4.18. The van der Waals surface area contributed by atoms with Crippen molar-refractivity contribution in [1.82, 2.24) is 4.90 Å². The molecule has 0 aromatic heterocycles. The highest BCUT2D eigenvalue weighted by Crippen LogP contribution is 2.01. The van der Waals surface area contributed by atoms with Crippen LogP contribution in [0, 0.1) is 0 Å². The highest BCUT2D eigenvalue weighted by atomic mass is 79.9. The third kappa shape index (κ3) is 19.4. The molecule has 0 saturated heterocycles. The van der Waals surface area contributed by atoms with Crippen LogP contribution in [0.5, 0.6) is 0 Å². The maximum Gasteiger partial charge on any atom is 0.307 e. The molecule has 0 bridgehead atoms. The first-order chi connectivity index (χ1) is 11.5. The number of nitrogens with zero attached hydrogens (tertiary/aromatic N) is 1. The number of halogens is 1. The van der Waals surface area contributed by atoms with E-state index in [4.69, 9.17) is 4.74 Å². The van der Waals surface area contributed by atoms with Crippen LogP contribution in [0.2, 0.25) is 0 Å². The second-order valence-corrected chi connectivity index (χ2v) is 6.14. The van der Waals surface area contributed by atoms with Crippen LogP contribution in [-0.2, 0) is 19.1 Å². The summed E-state index contributed by atoms with van der Waals surface area (Å²) >= 11 is 3.12. The minimum Gasteiger partial charge on any atom is -0.466 e. The van der Waals surface area contributed by atoms with Gasteiger partial charge in [0.25, 0.3) is 0 Å². The van der Waals surface area contributed by atoms with Crippen LogP contribution >= 0.6 is 15.9 Å². The number of carbonyl (C=O) groups excluding carboxylic acids is 2. The van der Waals surface area contributed by atoms with E-state index in [9.17, 15) is 9.59 Å². The number of hydrogen-bond donors (Lipinski definition) is 0. The van der Waals surface area contributed by atoms with E-state index in [2.05, 4.69) is 39.4 Å². The Morgan fingerprint density at radius 2 is 1.25 bits per heavy atom. The lowest BCUT2D eigenvalue weighted by atomic mass is 10.2. The molecule has 0 spiro atoms. The summed E-state index contributed by atoms with van der Waals surface area (Å²) in [6.07, 6.45) is 5.85. The van der Waals surface area contributed by atoms with E-state index in [0.717, 1.165) is 19.6 Å². The van der Waals surface area contributed by atoms with Gasteiger partial charge in [0, 0.05) is 11.9 Å². The normalized spacial score (nSPS) is 10.1. The third-order valence-electron chi connectivity index (χ3n) is 3.20. The van der Waals surface area contributed by atoms with Crippen LogP contribution in [0.25, 0.3) is 0 Å². The average molecular weight is 410 g/mol. The van der Waals surface area contributed by atoms with Crippen molar-refractivity contribution in [2.45, 2.75) is 66.2 Å². The first-order valence-electron chi connectivity index (χ1n) is 9.15. The van der Waals surface area contributed by atoms with Gasteiger partial charge in [-0.2, -0.15) is 0 Å². The Hall–Kier alpha value is -0.620. The van der Waals surface area contributed by atoms with E-state index in [1.165, 1.54) is 25.7 Å². The van der Waals surface area contributed by atoms with Gasteiger partial charge in [0.1, 0.15) is 0 Å². The SMILES string of the molecule is CCCCN(CCCC)CCC(=O)OCC.CCOC(=O)CCBr. The molecule has 0 saturated carbocycles. The van der Waals surface area contributed by atoms with E-state index in [0.29, 0.717) is 31.4 Å². The van der Waals surface area contributed by atoms with Crippen molar-refractivity contribution < 1.29 is 19.1 Å². The molecule has 0 rings (SSSR count). The lowest BCUT2D eigenvalue weighted by Crippen LogP contribution is -2.29. The van der Waals surface area contributed by atoms with Crippen molar-refractivity contribution in [1.29, 1.82) is 0 Å². The number of rotatable bonds is 13. The smallest absolute Gasteiger partial charge is 0.307 e. The van der Waals surface area contributed by atoms with Gasteiger partial charge >= 0.3 is 11.9 Å². The molecule has 0 aliphatic heterocycles. The maximum atomic E-state index is 11.2. The van der Waals surface area contributed by atoms with Crippen molar-refractivity contribution in [2.24, 2.45) is 0 Å². The molecule has 0 aliphatic carbocycles. The molecule has 0 atom stereocenters. The summed E-state index contributed by atoms with van der Waals surface area (Å²) in [5, 5.41) is 0.686. The summed E-state index contributed by atoms with van der Waals surface area (Å²) in [5.74, 6) is -0.204. The molecule has 0 unspecified atom stereocenters. The van der Waals surface area contributed by atoms with Gasteiger partial charge in [-0.05, 0) is 39.8 Å². The summed E-state index contributed by atoms with van der Waals surface area (Å²) in [5.41, 5.74) is 0. The van der Waals surface area contributed by atoms with Crippen molar-refractivity contribution in [3.63, 3.8) is 0 Å². The number of ether oxygens (including phenoxy) is 2. The van der Waals surface area contributed by atoms with Crippen molar-refractivity contribution >= 4 is 27.9 Å². The van der Waals surface area contributed by atoms with Crippen molar-refractivity contribution in [3.05, 3.63) is 0 Å². The number of hydrogen-bond acceptors (Lipinski definition) is 5.